The highest BCUT2D eigenvalue weighted by Gasteiger charge is 2.43. The molecule has 2 fully saturated rings. The van der Waals surface area contributed by atoms with Crippen LogP contribution >= 0.6 is 0 Å². The summed E-state index contributed by atoms with van der Waals surface area (Å²) in [4.78, 5) is 25.3. The van der Waals surface area contributed by atoms with E-state index in [1.54, 1.807) is 4.90 Å². The molecule has 1 amide bonds. The average molecular weight is 289 g/mol. The number of amides is 1. The van der Waals surface area contributed by atoms with Crippen molar-refractivity contribution in [2.75, 3.05) is 13.2 Å². The van der Waals surface area contributed by atoms with Crippen LogP contribution in [-0.4, -0.2) is 41.1 Å². The van der Waals surface area contributed by atoms with Gasteiger partial charge in [-0.1, -0.05) is 24.3 Å². The van der Waals surface area contributed by atoms with Gasteiger partial charge < -0.3 is 14.7 Å². The summed E-state index contributed by atoms with van der Waals surface area (Å²) in [7, 11) is 0. The Morgan fingerprint density at radius 2 is 2.00 bits per heavy atom. The molecule has 0 radical (unpaired) electrons. The number of morpholine rings is 1. The second-order valence-corrected chi connectivity index (χ2v) is 5.60. The molecule has 1 aromatic rings. The Kier molecular flexibility index (Phi) is 3.68. The smallest absolute Gasteiger partial charge is 0.335 e. The van der Waals surface area contributed by atoms with Crippen LogP contribution in [0.5, 0.6) is 0 Å². The van der Waals surface area contributed by atoms with Crippen molar-refractivity contribution in [3.63, 3.8) is 0 Å². The van der Waals surface area contributed by atoms with Crippen LogP contribution in [0.25, 0.3) is 0 Å². The molecule has 0 aromatic heterocycles. The molecule has 1 aromatic carbocycles. The van der Waals surface area contributed by atoms with E-state index in [-0.39, 0.29) is 12.5 Å². The predicted molar refractivity (Wildman–Crippen MR) is 75.9 cm³/mol. The maximum absolute atomic E-state index is 12.1. The number of carboxylic acids is 1. The summed E-state index contributed by atoms with van der Waals surface area (Å²) in [5, 5.41) is 9.45. The highest BCUT2D eigenvalue weighted by atomic mass is 16.5. The third kappa shape index (κ3) is 2.53. The fourth-order valence-electron chi connectivity index (χ4n) is 3.11. The van der Waals surface area contributed by atoms with Crippen molar-refractivity contribution in [2.24, 2.45) is 0 Å². The van der Waals surface area contributed by atoms with Crippen LogP contribution in [0.3, 0.4) is 0 Å². The van der Waals surface area contributed by atoms with Gasteiger partial charge in [0, 0.05) is 6.54 Å². The van der Waals surface area contributed by atoms with Crippen LogP contribution in [-0.2, 0) is 14.3 Å². The fraction of sp³-hybridized carbons (Fsp3) is 0.500. The molecule has 1 saturated heterocycles. The quantitative estimate of drug-likeness (QED) is 0.920. The van der Waals surface area contributed by atoms with Gasteiger partial charge >= 0.3 is 5.97 Å². The molecule has 1 aliphatic heterocycles. The Bertz CT molecular complexity index is 565. The fourth-order valence-corrected chi connectivity index (χ4v) is 3.11. The van der Waals surface area contributed by atoms with E-state index in [4.69, 9.17) is 4.74 Å². The Balaban J connectivity index is 2.05. The first kappa shape index (κ1) is 14.1. The van der Waals surface area contributed by atoms with E-state index in [1.807, 2.05) is 31.2 Å². The van der Waals surface area contributed by atoms with Crippen LogP contribution in [0.2, 0.25) is 0 Å². The molecule has 5 nitrogen and oxygen atoms in total. The summed E-state index contributed by atoms with van der Waals surface area (Å²) >= 11 is 0. The molecule has 2 aliphatic rings. The first-order valence-electron chi connectivity index (χ1n) is 7.36. The van der Waals surface area contributed by atoms with Crippen molar-refractivity contribution in [2.45, 2.75) is 37.8 Å². The molecule has 21 heavy (non-hydrogen) atoms. The van der Waals surface area contributed by atoms with Crippen molar-refractivity contribution >= 4 is 11.9 Å². The second kappa shape index (κ2) is 5.48. The zero-order valence-corrected chi connectivity index (χ0v) is 12.0. The van der Waals surface area contributed by atoms with Gasteiger partial charge in [-0.15, -0.1) is 0 Å². The van der Waals surface area contributed by atoms with E-state index in [9.17, 15) is 14.7 Å². The molecule has 5 heteroatoms. The zero-order valence-electron chi connectivity index (χ0n) is 12.0. The lowest BCUT2D eigenvalue weighted by Gasteiger charge is -2.39. The number of carboxylic acid groups (broad SMARTS) is 1. The van der Waals surface area contributed by atoms with Gasteiger partial charge in [-0.25, -0.2) is 4.79 Å². The summed E-state index contributed by atoms with van der Waals surface area (Å²) < 4.78 is 5.32. The van der Waals surface area contributed by atoms with Crippen molar-refractivity contribution in [1.82, 2.24) is 4.90 Å². The third-order valence-corrected chi connectivity index (χ3v) is 4.25. The molecular formula is C16H19NO4. The maximum atomic E-state index is 12.1. The van der Waals surface area contributed by atoms with E-state index in [0.29, 0.717) is 12.5 Å². The largest absolute Gasteiger partial charge is 0.479 e. The number of hydrogen-bond acceptors (Lipinski definition) is 3. The molecule has 1 N–H and O–H groups in total. The van der Waals surface area contributed by atoms with Gasteiger partial charge in [-0.3, -0.25) is 4.79 Å². The first-order valence-corrected chi connectivity index (χ1v) is 7.36. The lowest BCUT2D eigenvalue weighted by molar-refractivity contribution is -0.172. The van der Waals surface area contributed by atoms with E-state index < -0.39 is 18.1 Å². The molecule has 1 aliphatic carbocycles. The van der Waals surface area contributed by atoms with Gasteiger partial charge in [0.05, 0.1) is 6.04 Å². The predicted octanol–water partition coefficient (Wildman–Crippen LogP) is 1.94. The summed E-state index contributed by atoms with van der Waals surface area (Å²) in [6.07, 6.45) is 1.26. The van der Waals surface area contributed by atoms with Crippen LogP contribution in [0.4, 0.5) is 0 Å². The Hall–Kier alpha value is -1.88. The number of hydrogen-bond donors (Lipinski definition) is 1. The van der Waals surface area contributed by atoms with E-state index in [2.05, 4.69) is 0 Å². The monoisotopic (exact) mass is 289 g/mol. The standard InChI is InChI=1S/C16H19NO4/c1-2-17-13(18)9-21-15(16(19)20)14(17)12-6-4-3-5-11(12)10-7-8-10/h3-6,10,14-15H,2,7-9H2,1H3,(H,19,20). The van der Waals surface area contributed by atoms with Gasteiger partial charge in [0.25, 0.3) is 0 Å². The number of rotatable bonds is 4. The summed E-state index contributed by atoms with van der Waals surface area (Å²) in [5.41, 5.74) is 2.08. The van der Waals surface area contributed by atoms with Crippen molar-refractivity contribution in [1.29, 1.82) is 0 Å². The number of benzene rings is 1. The Morgan fingerprint density at radius 1 is 1.33 bits per heavy atom. The number of carbonyl (C=O) groups excluding carboxylic acids is 1. The summed E-state index contributed by atoms with van der Waals surface area (Å²) in [6, 6.07) is 7.30. The van der Waals surface area contributed by atoms with Crippen LogP contribution in [0, 0.1) is 0 Å². The average Bonchev–Trinajstić information content (AvgIpc) is 3.31. The van der Waals surface area contributed by atoms with E-state index >= 15 is 0 Å². The number of nitrogens with zero attached hydrogens (tertiary/aromatic N) is 1. The van der Waals surface area contributed by atoms with Gasteiger partial charge in [-0.05, 0) is 36.8 Å². The SMILES string of the molecule is CCN1C(=O)COC(C(=O)O)C1c1ccccc1C1CC1. The number of ether oxygens (including phenoxy) is 1. The topological polar surface area (TPSA) is 66.8 Å². The first-order chi connectivity index (χ1) is 10.1. The van der Waals surface area contributed by atoms with Crippen molar-refractivity contribution in [3.05, 3.63) is 35.4 Å². The highest BCUT2D eigenvalue weighted by molar-refractivity contribution is 5.83. The maximum Gasteiger partial charge on any atom is 0.335 e. The highest BCUT2D eigenvalue weighted by Crippen LogP contribution is 2.45. The minimum atomic E-state index is -1.02. The minimum absolute atomic E-state index is 0.148. The van der Waals surface area contributed by atoms with Crippen LogP contribution < -0.4 is 0 Å². The van der Waals surface area contributed by atoms with Crippen molar-refractivity contribution in [3.8, 4) is 0 Å². The Labute approximate surface area is 123 Å². The normalized spacial score (nSPS) is 26.0. The lowest BCUT2D eigenvalue weighted by atomic mass is 9.91. The van der Waals surface area contributed by atoms with Gasteiger partial charge in [-0.2, -0.15) is 0 Å². The molecule has 2 atom stereocenters. The second-order valence-electron chi connectivity index (χ2n) is 5.60. The molecule has 1 saturated carbocycles. The van der Waals surface area contributed by atoms with E-state index in [1.165, 1.54) is 0 Å². The molecular weight excluding hydrogens is 270 g/mol. The number of carbonyl (C=O) groups is 2. The van der Waals surface area contributed by atoms with E-state index in [0.717, 1.165) is 24.0 Å². The third-order valence-electron chi connectivity index (χ3n) is 4.25. The van der Waals surface area contributed by atoms with Crippen molar-refractivity contribution < 1.29 is 19.4 Å². The van der Waals surface area contributed by atoms with Crippen LogP contribution in [0.15, 0.2) is 24.3 Å². The minimum Gasteiger partial charge on any atom is -0.479 e. The Morgan fingerprint density at radius 3 is 2.57 bits per heavy atom. The van der Waals surface area contributed by atoms with Gasteiger partial charge in [0.15, 0.2) is 6.10 Å². The summed E-state index contributed by atoms with van der Waals surface area (Å²) in [5.74, 6) is -0.673. The molecule has 3 rings (SSSR count). The zero-order chi connectivity index (χ0) is 15.0. The molecule has 1 heterocycles. The molecule has 0 bridgehead atoms. The lowest BCUT2D eigenvalue weighted by Crippen LogP contribution is -2.51. The van der Waals surface area contributed by atoms with Crippen LogP contribution in [0.1, 0.15) is 42.9 Å². The molecule has 0 spiro atoms. The van der Waals surface area contributed by atoms with Gasteiger partial charge in [0.2, 0.25) is 5.91 Å². The summed E-state index contributed by atoms with van der Waals surface area (Å²) in [6.45, 7) is 2.19. The van der Waals surface area contributed by atoms with Gasteiger partial charge in [0.1, 0.15) is 6.61 Å². The number of aliphatic carboxylic acids is 1. The molecule has 112 valence electrons. The number of likely N-dealkylation sites (N-methyl/N-ethyl adjacent to an activating group) is 1. The molecule has 2 unspecified atom stereocenters.